The van der Waals surface area contributed by atoms with Crippen LogP contribution in [0.3, 0.4) is 0 Å². The Morgan fingerprint density at radius 2 is 1.96 bits per heavy atom. The fraction of sp³-hybridized carbons (Fsp3) is 0.368. The molecule has 5 nitrogen and oxygen atoms in total. The summed E-state index contributed by atoms with van der Waals surface area (Å²) in [4.78, 5) is 9.79. The maximum atomic E-state index is 5.62. The number of nitrogens with zero attached hydrogens (tertiary/aromatic N) is 2. The Balaban J connectivity index is 1.61. The average Bonchev–Trinajstić information content (AvgIpc) is 3.16. The van der Waals surface area contributed by atoms with E-state index in [0.29, 0.717) is 0 Å². The van der Waals surface area contributed by atoms with Crippen molar-refractivity contribution in [2.45, 2.75) is 18.3 Å². The summed E-state index contributed by atoms with van der Waals surface area (Å²) in [5.74, 6) is 1.79. The molecule has 130 valence electrons. The summed E-state index contributed by atoms with van der Waals surface area (Å²) in [5.41, 5.74) is 1.36. The SMILES string of the molecule is COc1ccc(C2(CNc3ncnc4sccc34)CCOCC2)cc1. The van der Waals surface area contributed by atoms with Gasteiger partial charge in [0, 0.05) is 25.2 Å². The third kappa shape index (κ3) is 3.19. The first-order chi connectivity index (χ1) is 12.3. The molecule has 0 amide bonds. The van der Waals surface area contributed by atoms with Gasteiger partial charge >= 0.3 is 0 Å². The van der Waals surface area contributed by atoms with E-state index in [9.17, 15) is 0 Å². The highest BCUT2D eigenvalue weighted by Gasteiger charge is 2.34. The van der Waals surface area contributed by atoms with E-state index >= 15 is 0 Å². The second kappa shape index (κ2) is 6.98. The van der Waals surface area contributed by atoms with Crippen LogP contribution in [0, 0.1) is 0 Å². The molecule has 1 aromatic carbocycles. The molecule has 1 aliphatic heterocycles. The number of benzene rings is 1. The zero-order valence-electron chi connectivity index (χ0n) is 14.2. The number of hydrogen-bond donors (Lipinski definition) is 1. The minimum atomic E-state index is 0.0395. The number of anilines is 1. The van der Waals surface area contributed by atoms with Crippen molar-refractivity contribution in [3.63, 3.8) is 0 Å². The molecule has 3 aromatic rings. The molecular formula is C19H21N3O2S. The topological polar surface area (TPSA) is 56.3 Å². The lowest BCUT2D eigenvalue weighted by Gasteiger charge is -2.38. The number of rotatable bonds is 5. The van der Waals surface area contributed by atoms with Gasteiger partial charge in [-0.25, -0.2) is 9.97 Å². The highest BCUT2D eigenvalue weighted by Crippen LogP contribution is 2.36. The monoisotopic (exact) mass is 355 g/mol. The third-order valence-electron chi connectivity index (χ3n) is 5.01. The van der Waals surface area contributed by atoms with Crippen molar-refractivity contribution in [3.8, 4) is 5.75 Å². The first-order valence-electron chi connectivity index (χ1n) is 8.45. The van der Waals surface area contributed by atoms with Crippen LogP contribution in [0.1, 0.15) is 18.4 Å². The van der Waals surface area contributed by atoms with Gasteiger partial charge in [0.2, 0.25) is 0 Å². The second-order valence-corrected chi connectivity index (χ2v) is 7.23. The lowest BCUT2D eigenvalue weighted by atomic mass is 9.74. The van der Waals surface area contributed by atoms with E-state index in [4.69, 9.17) is 9.47 Å². The van der Waals surface area contributed by atoms with Crippen LogP contribution >= 0.6 is 11.3 Å². The zero-order chi connectivity index (χ0) is 17.1. The van der Waals surface area contributed by atoms with Crippen LogP contribution in [-0.4, -0.2) is 36.8 Å². The number of nitrogens with one attached hydrogen (secondary N) is 1. The van der Waals surface area contributed by atoms with E-state index in [2.05, 4.69) is 38.9 Å². The number of hydrogen-bond acceptors (Lipinski definition) is 6. The Hall–Kier alpha value is -2.18. The van der Waals surface area contributed by atoms with Crippen molar-refractivity contribution in [1.29, 1.82) is 0 Å². The highest BCUT2D eigenvalue weighted by atomic mass is 32.1. The summed E-state index contributed by atoms with van der Waals surface area (Å²) in [5, 5.41) is 6.72. The van der Waals surface area contributed by atoms with E-state index in [1.54, 1.807) is 24.8 Å². The van der Waals surface area contributed by atoms with Gasteiger partial charge in [-0.15, -0.1) is 11.3 Å². The van der Waals surface area contributed by atoms with Crippen molar-refractivity contribution in [3.05, 3.63) is 47.6 Å². The Morgan fingerprint density at radius 3 is 2.72 bits per heavy atom. The van der Waals surface area contributed by atoms with Crippen molar-refractivity contribution in [1.82, 2.24) is 9.97 Å². The summed E-state index contributed by atoms with van der Waals surface area (Å²) < 4.78 is 10.9. The summed E-state index contributed by atoms with van der Waals surface area (Å²) >= 11 is 1.64. The Kier molecular flexibility index (Phi) is 4.55. The summed E-state index contributed by atoms with van der Waals surface area (Å²) in [7, 11) is 1.70. The molecule has 25 heavy (non-hydrogen) atoms. The van der Waals surface area contributed by atoms with Crippen molar-refractivity contribution in [2.75, 3.05) is 32.2 Å². The van der Waals surface area contributed by atoms with E-state index in [1.165, 1.54) is 5.56 Å². The van der Waals surface area contributed by atoms with Gasteiger partial charge < -0.3 is 14.8 Å². The van der Waals surface area contributed by atoms with Gasteiger partial charge in [0.15, 0.2) is 0 Å². The van der Waals surface area contributed by atoms with Crippen LogP contribution in [0.2, 0.25) is 0 Å². The number of aromatic nitrogens is 2. The number of fused-ring (bicyclic) bond motifs is 1. The second-order valence-electron chi connectivity index (χ2n) is 6.34. The molecule has 6 heteroatoms. The molecule has 0 saturated carbocycles. The van der Waals surface area contributed by atoms with Gasteiger partial charge in [-0.3, -0.25) is 0 Å². The molecular weight excluding hydrogens is 334 g/mol. The average molecular weight is 355 g/mol. The van der Waals surface area contributed by atoms with Crippen LogP contribution in [0.5, 0.6) is 5.75 Å². The predicted molar refractivity (Wildman–Crippen MR) is 101 cm³/mol. The molecule has 2 aromatic heterocycles. The van der Waals surface area contributed by atoms with E-state index in [1.807, 2.05) is 12.1 Å². The minimum Gasteiger partial charge on any atom is -0.497 e. The van der Waals surface area contributed by atoms with E-state index in [-0.39, 0.29) is 5.41 Å². The van der Waals surface area contributed by atoms with Gasteiger partial charge in [-0.1, -0.05) is 12.1 Å². The number of thiophene rings is 1. The van der Waals surface area contributed by atoms with Gasteiger partial charge in [0.1, 0.15) is 22.7 Å². The van der Waals surface area contributed by atoms with Gasteiger partial charge in [0.05, 0.1) is 12.5 Å². The number of methoxy groups -OCH3 is 1. The van der Waals surface area contributed by atoms with Gasteiger partial charge in [-0.05, 0) is 42.0 Å². The quantitative estimate of drug-likeness (QED) is 0.753. The highest BCUT2D eigenvalue weighted by molar-refractivity contribution is 7.16. The molecule has 4 rings (SSSR count). The van der Waals surface area contributed by atoms with Crippen LogP contribution in [0.15, 0.2) is 42.0 Å². The molecule has 1 aliphatic rings. The van der Waals surface area contributed by atoms with E-state index in [0.717, 1.165) is 54.4 Å². The zero-order valence-corrected chi connectivity index (χ0v) is 15.0. The summed E-state index contributed by atoms with van der Waals surface area (Å²) in [6.07, 6.45) is 3.61. The summed E-state index contributed by atoms with van der Waals surface area (Å²) in [6.45, 7) is 2.39. The first-order valence-corrected chi connectivity index (χ1v) is 9.33. The maximum Gasteiger partial charge on any atom is 0.138 e. The maximum absolute atomic E-state index is 5.62. The van der Waals surface area contributed by atoms with Crippen LogP contribution in [0.4, 0.5) is 5.82 Å². The largest absolute Gasteiger partial charge is 0.497 e. The number of ether oxygens (including phenoxy) is 2. The smallest absolute Gasteiger partial charge is 0.138 e. The molecule has 1 fully saturated rings. The third-order valence-corrected chi connectivity index (χ3v) is 5.83. The molecule has 0 atom stereocenters. The fourth-order valence-corrected chi connectivity index (χ4v) is 4.19. The van der Waals surface area contributed by atoms with Crippen molar-refractivity contribution < 1.29 is 9.47 Å². The Labute approximate surface area is 151 Å². The molecule has 3 heterocycles. The lowest BCUT2D eigenvalue weighted by molar-refractivity contribution is 0.0543. The molecule has 0 spiro atoms. The summed E-state index contributed by atoms with van der Waals surface area (Å²) in [6, 6.07) is 10.5. The first kappa shape index (κ1) is 16.3. The molecule has 1 saturated heterocycles. The lowest BCUT2D eigenvalue weighted by Crippen LogP contribution is -2.40. The molecule has 0 aliphatic carbocycles. The molecule has 0 unspecified atom stereocenters. The molecule has 0 radical (unpaired) electrons. The van der Waals surface area contributed by atoms with Crippen LogP contribution in [0.25, 0.3) is 10.2 Å². The predicted octanol–water partition coefficient (Wildman–Crippen LogP) is 3.86. The Bertz CT molecular complexity index is 841. The fourth-order valence-electron chi connectivity index (χ4n) is 3.46. The molecule has 0 bridgehead atoms. The normalized spacial score (nSPS) is 16.7. The van der Waals surface area contributed by atoms with E-state index < -0.39 is 0 Å². The standard InChI is InChI=1S/C19H21N3O2S/c1-23-15-4-2-14(3-5-15)19(7-9-24-10-8-19)12-20-17-16-6-11-25-18(16)22-13-21-17/h2-6,11,13H,7-10,12H2,1H3,(H,20,21,22). The van der Waals surface area contributed by atoms with Crippen molar-refractivity contribution in [2.24, 2.45) is 0 Å². The molecule has 1 N–H and O–H groups in total. The minimum absolute atomic E-state index is 0.0395. The van der Waals surface area contributed by atoms with Gasteiger partial charge in [0.25, 0.3) is 0 Å². The van der Waals surface area contributed by atoms with Crippen LogP contribution in [-0.2, 0) is 10.2 Å². The Morgan fingerprint density at radius 1 is 1.16 bits per heavy atom. The van der Waals surface area contributed by atoms with Crippen molar-refractivity contribution >= 4 is 27.4 Å². The van der Waals surface area contributed by atoms with Crippen LogP contribution < -0.4 is 10.1 Å². The van der Waals surface area contributed by atoms with Gasteiger partial charge in [-0.2, -0.15) is 0 Å².